The summed E-state index contributed by atoms with van der Waals surface area (Å²) in [6.07, 6.45) is -2.25. The molecule has 3 nitrogen and oxygen atoms in total. The van der Waals surface area contributed by atoms with Gasteiger partial charge in [0.2, 0.25) is 0 Å². The lowest BCUT2D eigenvalue weighted by Gasteiger charge is -2.15. The molecule has 0 saturated heterocycles. The molecule has 2 heterocycles. The number of hydrogen-bond acceptors (Lipinski definition) is 2. The minimum absolute atomic E-state index is 0.281. The average molecular weight is 356 g/mol. The van der Waals surface area contributed by atoms with Crippen molar-refractivity contribution in [1.29, 1.82) is 5.26 Å². The van der Waals surface area contributed by atoms with Gasteiger partial charge in [0.05, 0.1) is 27.2 Å². The van der Waals surface area contributed by atoms with Crippen molar-refractivity contribution in [3.05, 3.63) is 57.8 Å². The molecule has 0 unspecified atom stereocenters. The van der Waals surface area contributed by atoms with Gasteiger partial charge in [-0.1, -0.05) is 29.3 Å². The molecule has 0 aliphatic heterocycles. The van der Waals surface area contributed by atoms with Gasteiger partial charge in [-0.2, -0.15) is 18.4 Å². The predicted molar refractivity (Wildman–Crippen MR) is 80.8 cm³/mol. The van der Waals surface area contributed by atoms with Crippen molar-refractivity contribution in [1.82, 2.24) is 9.55 Å². The first-order chi connectivity index (χ1) is 10.8. The van der Waals surface area contributed by atoms with Gasteiger partial charge in [-0.25, -0.2) is 4.98 Å². The van der Waals surface area contributed by atoms with Crippen LogP contribution in [-0.4, -0.2) is 9.55 Å². The van der Waals surface area contributed by atoms with Crippen molar-refractivity contribution < 1.29 is 13.2 Å². The lowest BCUT2D eigenvalue weighted by molar-refractivity contribution is -0.137. The van der Waals surface area contributed by atoms with Gasteiger partial charge in [-0.15, -0.1) is 0 Å². The van der Waals surface area contributed by atoms with E-state index >= 15 is 0 Å². The first-order valence-corrected chi connectivity index (χ1v) is 7.02. The zero-order valence-corrected chi connectivity index (χ0v) is 12.7. The van der Waals surface area contributed by atoms with Crippen LogP contribution in [0.3, 0.4) is 0 Å². The fourth-order valence-corrected chi connectivity index (χ4v) is 2.72. The highest BCUT2D eigenvalue weighted by Gasteiger charge is 2.38. The largest absolute Gasteiger partial charge is 0.421 e. The van der Waals surface area contributed by atoms with Crippen LogP contribution < -0.4 is 0 Å². The Morgan fingerprint density at radius 2 is 1.91 bits per heavy atom. The van der Waals surface area contributed by atoms with Crippen LogP contribution >= 0.6 is 23.2 Å². The Hall–Kier alpha value is -2.23. The van der Waals surface area contributed by atoms with Crippen LogP contribution in [0.1, 0.15) is 11.1 Å². The number of hydrogen-bond donors (Lipinski definition) is 0. The van der Waals surface area contributed by atoms with Crippen molar-refractivity contribution >= 4 is 34.1 Å². The minimum atomic E-state index is -4.73. The van der Waals surface area contributed by atoms with E-state index in [1.165, 1.54) is 10.8 Å². The molecule has 2 aromatic heterocycles. The average Bonchev–Trinajstić information content (AvgIpc) is 2.92. The van der Waals surface area contributed by atoms with Crippen molar-refractivity contribution in [2.24, 2.45) is 0 Å². The van der Waals surface area contributed by atoms with Gasteiger partial charge in [0, 0.05) is 17.8 Å². The number of halogens is 5. The number of aromatic nitrogens is 2. The molecule has 0 bridgehead atoms. The van der Waals surface area contributed by atoms with Gasteiger partial charge in [-0.3, -0.25) is 0 Å². The van der Waals surface area contributed by atoms with Gasteiger partial charge in [0.1, 0.15) is 5.56 Å². The lowest BCUT2D eigenvalue weighted by Crippen LogP contribution is -2.13. The summed E-state index contributed by atoms with van der Waals surface area (Å²) in [5.74, 6) is -0.392. The number of pyridine rings is 1. The van der Waals surface area contributed by atoms with E-state index in [2.05, 4.69) is 4.98 Å². The van der Waals surface area contributed by atoms with Gasteiger partial charge in [-0.05, 0) is 18.2 Å². The van der Waals surface area contributed by atoms with E-state index in [1.54, 1.807) is 24.3 Å². The molecule has 0 N–H and O–H groups in total. The Morgan fingerprint density at radius 3 is 2.57 bits per heavy atom. The Labute approximate surface area is 138 Å². The SMILES string of the molecule is N#Cc1cccc2c1ccn2-c1ncc(Cl)c(Cl)c1C(F)(F)F. The van der Waals surface area contributed by atoms with Crippen LogP contribution in [0.25, 0.3) is 16.7 Å². The molecule has 0 saturated carbocycles. The maximum Gasteiger partial charge on any atom is 0.421 e. The highest BCUT2D eigenvalue weighted by atomic mass is 35.5. The van der Waals surface area contributed by atoms with E-state index in [0.717, 1.165) is 6.20 Å². The molecular weight excluding hydrogens is 350 g/mol. The maximum atomic E-state index is 13.4. The molecule has 0 spiro atoms. The molecule has 0 aliphatic carbocycles. The highest BCUT2D eigenvalue weighted by molar-refractivity contribution is 6.42. The highest BCUT2D eigenvalue weighted by Crippen LogP contribution is 2.41. The predicted octanol–water partition coefficient (Wildman–Crippen LogP) is 5.22. The van der Waals surface area contributed by atoms with Crippen LogP contribution in [0.4, 0.5) is 13.2 Å². The van der Waals surface area contributed by atoms with Gasteiger partial charge in [0.15, 0.2) is 5.82 Å². The second-order valence-corrected chi connectivity index (χ2v) is 5.44. The molecule has 116 valence electrons. The second-order valence-electron chi connectivity index (χ2n) is 4.65. The third-order valence-corrected chi connectivity index (χ3v) is 4.09. The van der Waals surface area contributed by atoms with E-state index in [4.69, 9.17) is 28.5 Å². The molecule has 3 aromatic rings. The Morgan fingerprint density at radius 1 is 1.17 bits per heavy atom. The van der Waals surface area contributed by atoms with Crippen LogP contribution in [-0.2, 0) is 6.18 Å². The van der Waals surface area contributed by atoms with E-state index in [0.29, 0.717) is 16.5 Å². The third-order valence-electron chi connectivity index (χ3n) is 3.32. The summed E-state index contributed by atoms with van der Waals surface area (Å²) >= 11 is 11.4. The number of rotatable bonds is 1. The molecule has 0 aliphatic rings. The van der Waals surface area contributed by atoms with Crippen LogP contribution in [0.15, 0.2) is 36.7 Å². The summed E-state index contributed by atoms with van der Waals surface area (Å²) < 4.78 is 41.4. The minimum Gasteiger partial charge on any atom is -0.301 e. The Kier molecular flexibility index (Phi) is 3.71. The zero-order chi connectivity index (χ0) is 16.8. The van der Waals surface area contributed by atoms with Gasteiger partial charge >= 0.3 is 6.18 Å². The van der Waals surface area contributed by atoms with Crippen LogP contribution in [0, 0.1) is 11.3 Å². The molecule has 1 aromatic carbocycles. The number of fused-ring (bicyclic) bond motifs is 1. The molecule has 0 fully saturated rings. The van der Waals surface area contributed by atoms with E-state index in [-0.39, 0.29) is 5.02 Å². The summed E-state index contributed by atoms with van der Waals surface area (Å²) in [7, 11) is 0. The monoisotopic (exact) mass is 355 g/mol. The van der Waals surface area contributed by atoms with E-state index < -0.39 is 22.6 Å². The quantitative estimate of drug-likeness (QED) is 0.600. The molecule has 0 atom stereocenters. The second kappa shape index (κ2) is 5.44. The standard InChI is InChI=1S/C15H6Cl2F3N3/c16-10-7-22-14(12(13(10)17)15(18,19)20)23-5-4-9-8(6-21)2-1-3-11(9)23/h1-5,7H. The number of benzene rings is 1. The molecule has 3 rings (SSSR count). The van der Waals surface area contributed by atoms with E-state index in [1.807, 2.05) is 6.07 Å². The van der Waals surface area contributed by atoms with Gasteiger partial charge in [0.25, 0.3) is 0 Å². The summed E-state index contributed by atoms with van der Waals surface area (Å²) in [6, 6.07) is 8.32. The van der Waals surface area contributed by atoms with Crippen molar-refractivity contribution in [2.75, 3.05) is 0 Å². The van der Waals surface area contributed by atoms with Crippen molar-refractivity contribution in [3.63, 3.8) is 0 Å². The summed E-state index contributed by atoms with van der Waals surface area (Å²) in [4.78, 5) is 3.80. The van der Waals surface area contributed by atoms with E-state index in [9.17, 15) is 13.2 Å². The van der Waals surface area contributed by atoms with Crippen molar-refractivity contribution in [3.8, 4) is 11.9 Å². The number of alkyl halides is 3. The molecular formula is C15H6Cl2F3N3. The summed E-state index contributed by atoms with van der Waals surface area (Å²) in [6.45, 7) is 0. The summed E-state index contributed by atoms with van der Waals surface area (Å²) in [5.41, 5.74) is -0.346. The molecule has 0 radical (unpaired) electrons. The molecule has 23 heavy (non-hydrogen) atoms. The van der Waals surface area contributed by atoms with Crippen molar-refractivity contribution in [2.45, 2.75) is 6.18 Å². The Balaban J connectivity index is 2.37. The van der Waals surface area contributed by atoms with Crippen LogP contribution in [0.2, 0.25) is 10.0 Å². The zero-order valence-electron chi connectivity index (χ0n) is 11.2. The third kappa shape index (κ3) is 2.52. The fraction of sp³-hybridized carbons (Fsp3) is 0.0667. The fourth-order valence-electron chi connectivity index (χ4n) is 2.34. The maximum absolute atomic E-state index is 13.4. The molecule has 0 amide bonds. The topological polar surface area (TPSA) is 41.6 Å². The number of nitrogens with zero attached hydrogens (tertiary/aromatic N) is 3. The Bertz CT molecular complexity index is 955. The first kappa shape index (κ1) is 15.7. The normalized spacial score (nSPS) is 11.7. The molecule has 8 heteroatoms. The first-order valence-electron chi connectivity index (χ1n) is 6.26. The lowest BCUT2D eigenvalue weighted by atomic mass is 10.1. The smallest absolute Gasteiger partial charge is 0.301 e. The van der Waals surface area contributed by atoms with Crippen LogP contribution in [0.5, 0.6) is 0 Å². The summed E-state index contributed by atoms with van der Waals surface area (Å²) in [5, 5.41) is 8.72. The number of nitriles is 1. The van der Waals surface area contributed by atoms with Gasteiger partial charge < -0.3 is 4.57 Å².